The Balaban J connectivity index is 1.40. The highest BCUT2D eigenvalue weighted by atomic mass is 32.1. The number of nitrogens with one attached hydrogen (secondary N) is 1. The molecule has 0 saturated carbocycles. The minimum Gasteiger partial charge on any atom is -0.348 e. The van der Waals surface area contributed by atoms with Crippen LogP contribution in [0.2, 0.25) is 0 Å². The van der Waals surface area contributed by atoms with Crippen LogP contribution in [0.1, 0.15) is 15.9 Å². The van der Waals surface area contributed by atoms with Gasteiger partial charge in [0.25, 0.3) is 5.91 Å². The summed E-state index contributed by atoms with van der Waals surface area (Å²) in [4.78, 5) is 18.1. The Bertz CT molecular complexity index is 1320. The first-order valence-electron chi connectivity index (χ1n) is 9.17. The quantitative estimate of drug-likeness (QED) is 0.445. The molecule has 0 spiro atoms. The number of amides is 1. The average molecular weight is 401 g/mol. The van der Waals surface area contributed by atoms with Crippen LogP contribution < -0.4 is 5.32 Å². The van der Waals surface area contributed by atoms with Gasteiger partial charge in [0.1, 0.15) is 5.82 Å². The van der Waals surface area contributed by atoms with Gasteiger partial charge < -0.3 is 5.32 Å². The molecule has 0 unspecified atom stereocenters. The van der Waals surface area contributed by atoms with Crippen molar-refractivity contribution in [3.63, 3.8) is 0 Å². The van der Waals surface area contributed by atoms with Crippen LogP contribution in [0.15, 0.2) is 79.0 Å². The number of aromatic nitrogens is 2. The monoisotopic (exact) mass is 401 g/mol. The summed E-state index contributed by atoms with van der Waals surface area (Å²) < 4.78 is 16.0. The predicted octanol–water partition coefficient (Wildman–Crippen LogP) is 5.29. The molecule has 2 aromatic heterocycles. The summed E-state index contributed by atoms with van der Waals surface area (Å²) in [6, 6.07) is 21.8. The minimum atomic E-state index is -0.288. The van der Waals surface area contributed by atoms with E-state index in [1.54, 1.807) is 23.5 Å². The molecule has 5 rings (SSSR count). The van der Waals surface area contributed by atoms with Gasteiger partial charge in [0.05, 0.1) is 15.9 Å². The van der Waals surface area contributed by atoms with Gasteiger partial charge in [0, 0.05) is 23.9 Å². The molecular weight excluding hydrogens is 385 g/mol. The number of thiazole rings is 1. The number of halogens is 1. The molecule has 0 atom stereocenters. The molecule has 142 valence electrons. The van der Waals surface area contributed by atoms with E-state index in [2.05, 4.69) is 9.72 Å². The van der Waals surface area contributed by atoms with Crippen molar-refractivity contribution >= 4 is 32.4 Å². The van der Waals surface area contributed by atoms with Gasteiger partial charge in [-0.3, -0.25) is 9.20 Å². The largest absolute Gasteiger partial charge is 0.348 e. The first-order valence-corrected chi connectivity index (χ1v) is 9.99. The number of hydrogen-bond acceptors (Lipinski definition) is 3. The van der Waals surface area contributed by atoms with Gasteiger partial charge in [-0.2, -0.15) is 0 Å². The molecule has 0 saturated heterocycles. The van der Waals surface area contributed by atoms with Crippen molar-refractivity contribution in [2.75, 3.05) is 0 Å². The van der Waals surface area contributed by atoms with Gasteiger partial charge in [0.2, 0.25) is 0 Å². The van der Waals surface area contributed by atoms with Crippen LogP contribution in [0, 0.1) is 5.82 Å². The van der Waals surface area contributed by atoms with E-state index in [1.165, 1.54) is 12.1 Å². The molecule has 6 heteroatoms. The number of rotatable bonds is 4. The topological polar surface area (TPSA) is 46.4 Å². The molecule has 1 N–H and O–H groups in total. The number of carbonyl (C=O) groups excluding carboxylic acids is 1. The van der Waals surface area contributed by atoms with Gasteiger partial charge >= 0.3 is 0 Å². The van der Waals surface area contributed by atoms with E-state index in [9.17, 15) is 9.18 Å². The van der Waals surface area contributed by atoms with Crippen LogP contribution in [0.25, 0.3) is 26.4 Å². The van der Waals surface area contributed by atoms with Crippen molar-refractivity contribution in [2.45, 2.75) is 6.54 Å². The van der Waals surface area contributed by atoms with Crippen LogP contribution >= 0.6 is 11.3 Å². The van der Waals surface area contributed by atoms with Crippen molar-refractivity contribution in [3.8, 4) is 11.3 Å². The maximum Gasteiger partial charge on any atom is 0.251 e. The number of fused-ring (bicyclic) bond motifs is 3. The van der Waals surface area contributed by atoms with Crippen LogP contribution in [-0.4, -0.2) is 15.3 Å². The lowest BCUT2D eigenvalue weighted by atomic mass is 10.1. The second kappa shape index (κ2) is 7.14. The fourth-order valence-electron chi connectivity index (χ4n) is 3.28. The summed E-state index contributed by atoms with van der Waals surface area (Å²) in [5.41, 5.74) is 4.47. The number of nitrogens with zero attached hydrogens (tertiary/aromatic N) is 2. The van der Waals surface area contributed by atoms with Crippen LogP contribution in [-0.2, 0) is 6.54 Å². The lowest BCUT2D eigenvalue weighted by molar-refractivity contribution is 0.0951. The first kappa shape index (κ1) is 17.6. The number of imidazole rings is 1. The maximum absolute atomic E-state index is 13.0. The Labute approximate surface area is 170 Å². The molecule has 4 nitrogen and oxygen atoms in total. The number of carbonyl (C=O) groups is 1. The second-order valence-electron chi connectivity index (χ2n) is 6.74. The third kappa shape index (κ3) is 3.39. The molecule has 0 fully saturated rings. The van der Waals surface area contributed by atoms with E-state index in [1.807, 2.05) is 54.7 Å². The van der Waals surface area contributed by atoms with Gasteiger partial charge in [0.15, 0.2) is 4.96 Å². The Morgan fingerprint density at radius 2 is 1.83 bits per heavy atom. The van der Waals surface area contributed by atoms with Gasteiger partial charge in [-0.05, 0) is 35.9 Å². The molecule has 1 amide bonds. The van der Waals surface area contributed by atoms with Crippen LogP contribution in [0.4, 0.5) is 4.39 Å². The molecule has 3 aromatic carbocycles. The normalized spacial score (nSPS) is 11.2. The Morgan fingerprint density at radius 1 is 1.03 bits per heavy atom. The first-order chi connectivity index (χ1) is 14.2. The standard InChI is InChI=1S/C23H16FN3OS/c24-18-9-6-15(7-10-18)13-25-22(28)17-8-11-20-21(12-17)29-23-26-19(14-27(20)23)16-4-2-1-3-5-16/h1-12,14H,13H2,(H,25,28). The number of benzene rings is 3. The highest BCUT2D eigenvalue weighted by molar-refractivity contribution is 7.23. The van der Waals surface area contributed by atoms with Crippen molar-refractivity contribution in [1.82, 2.24) is 14.7 Å². The lowest BCUT2D eigenvalue weighted by Gasteiger charge is -2.05. The molecular formula is C23H16FN3OS. The lowest BCUT2D eigenvalue weighted by Crippen LogP contribution is -2.22. The molecule has 0 radical (unpaired) electrons. The zero-order valence-corrected chi connectivity index (χ0v) is 16.1. The summed E-state index contributed by atoms with van der Waals surface area (Å²) in [5.74, 6) is -0.448. The summed E-state index contributed by atoms with van der Waals surface area (Å²) >= 11 is 1.55. The highest BCUT2D eigenvalue weighted by Crippen LogP contribution is 2.30. The molecule has 29 heavy (non-hydrogen) atoms. The van der Waals surface area contributed by atoms with Crippen molar-refractivity contribution < 1.29 is 9.18 Å². The van der Waals surface area contributed by atoms with Gasteiger partial charge in [-0.1, -0.05) is 53.8 Å². The fourth-order valence-corrected chi connectivity index (χ4v) is 4.32. The van der Waals surface area contributed by atoms with E-state index < -0.39 is 0 Å². The zero-order valence-electron chi connectivity index (χ0n) is 15.3. The van der Waals surface area contributed by atoms with E-state index in [-0.39, 0.29) is 11.7 Å². The SMILES string of the molecule is O=C(NCc1ccc(F)cc1)c1ccc2c(c1)sc1nc(-c3ccccc3)cn12. The van der Waals surface area contributed by atoms with E-state index in [4.69, 9.17) is 4.98 Å². The molecule has 0 aliphatic heterocycles. The smallest absolute Gasteiger partial charge is 0.251 e. The Kier molecular flexibility index (Phi) is 4.33. The Hall–Kier alpha value is -3.51. The van der Waals surface area contributed by atoms with Crippen LogP contribution in [0.3, 0.4) is 0 Å². The third-order valence-corrected chi connectivity index (χ3v) is 5.81. The summed E-state index contributed by atoms with van der Waals surface area (Å²) in [5, 5.41) is 2.88. The predicted molar refractivity (Wildman–Crippen MR) is 114 cm³/mol. The fraction of sp³-hybridized carbons (Fsp3) is 0.0435. The van der Waals surface area contributed by atoms with E-state index in [0.717, 1.165) is 32.0 Å². The minimum absolute atomic E-state index is 0.160. The van der Waals surface area contributed by atoms with Gasteiger partial charge in [-0.15, -0.1) is 0 Å². The average Bonchev–Trinajstić information content (AvgIpc) is 3.31. The van der Waals surface area contributed by atoms with Crippen molar-refractivity contribution in [2.24, 2.45) is 0 Å². The van der Waals surface area contributed by atoms with Gasteiger partial charge in [-0.25, -0.2) is 9.37 Å². The Morgan fingerprint density at radius 3 is 2.62 bits per heavy atom. The highest BCUT2D eigenvalue weighted by Gasteiger charge is 2.13. The second-order valence-corrected chi connectivity index (χ2v) is 7.75. The van der Waals surface area contributed by atoms with Crippen molar-refractivity contribution in [3.05, 3.63) is 95.9 Å². The number of hydrogen-bond donors (Lipinski definition) is 1. The molecule has 5 aromatic rings. The molecule has 0 aliphatic rings. The van der Waals surface area contributed by atoms with Crippen molar-refractivity contribution in [1.29, 1.82) is 0 Å². The van der Waals surface area contributed by atoms with Crippen LogP contribution in [0.5, 0.6) is 0 Å². The summed E-state index contributed by atoms with van der Waals surface area (Å²) in [6.45, 7) is 0.353. The maximum atomic E-state index is 13.0. The third-order valence-electron chi connectivity index (χ3n) is 4.79. The molecule has 2 heterocycles. The van der Waals surface area contributed by atoms with E-state index >= 15 is 0 Å². The van der Waals surface area contributed by atoms with E-state index in [0.29, 0.717) is 12.1 Å². The summed E-state index contributed by atoms with van der Waals surface area (Å²) in [7, 11) is 0. The molecule has 0 aliphatic carbocycles. The summed E-state index contributed by atoms with van der Waals surface area (Å²) in [6.07, 6.45) is 2.03. The zero-order chi connectivity index (χ0) is 19.8. The molecule has 0 bridgehead atoms.